The van der Waals surface area contributed by atoms with Crippen LogP contribution in [0.5, 0.6) is 0 Å². The van der Waals surface area contributed by atoms with Gasteiger partial charge in [0, 0.05) is 17.2 Å². The van der Waals surface area contributed by atoms with Crippen LogP contribution in [0.3, 0.4) is 0 Å². The first-order valence-corrected chi connectivity index (χ1v) is 9.13. The molecule has 0 radical (unpaired) electrons. The van der Waals surface area contributed by atoms with Gasteiger partial charge >= 0.3 is 0 Å². The van der Waals surface area contributed by atoms with Crippen LogP contribution in [-0.2, 0) is 14.1 Å². The summed E-state index contributed by atoms with van der Waals surface area (Å²) in [5.41, 5.74) is 7.70. The first-order chi connectivity index (χ1) is 12.1. The van der Waals surface area contributed by atoms with Gasteiger partial charge in [-0.15, -0.1) is 14.9 Å². The minimum atomic E-state index is -4.94. The van der Waals surface area contributed by atoms with E-state index in [1.807, 2.05) is 0 Å². The van der Waals surface area contributed by atoms with E-state index in [1.165, 1.54) is 33.6 Å². The molecule has 0 saturated carbocycles. The summed E-state index contributed by atoms with van der Waals surface area (Å²) in [6.45, 7) is 4.36. The Morgan fingerprint density at radius 2 is 1.46 bits per heavy atom. The summed E-state index contributed by atoms with van der Waals surface area (Å²) in [6.07, 6.45) is 0. The SMILES string of the molecule is Cc1cccc(-c2cc(-c3ccccc3)[n+](C)n2C)c1C.[O-][Cl+3]([O-])([O-])[O-]. The third-order valence-electron chi connectivity index (χ3n) is 4.37. The van der Waals surface area contributed by atoms with Crippen LogP contribution in [-0.4, -0.2) is 4.68 Å². The van der Waals surface area contributed by atoms with Crippen molar-refractivity contribution in [2.45, 2.75) is 13.8 Å². The summed E-state index contributed by atoms with van der Waals surface area (Å²) in [6, 6.07) is 19.3. The molecular formula is C19H21ClN2O4. The second-order valence-electron chi connectivity index (χ2n) is 5.95. The first kappa shape index (κ1) is 20.1. The molecule has 0 aliphatic carbocycles. The maximum atomic E-state index is 8.49. The molecule has 0 spiro atoms. The fourth-order valence-corrected chi connectivity index (χ4v) is 2.80. The van der Waals surface area contributed by atoms with Crippen molar-refractivity contribution in [3.8, 4) is 22.5 Å². The quantitative estimate of drug-likeness (QED) is 0.538. The Kier molecular flexibility index (Phi) is 6.17. The van der Waals surface area contributed by atoms with E-state index in [9.17, 15) is 0 Å². The first-order valence-electron chi connectivity index (χ1n) is 7.89. The summed E-state index contributed by atoms with van der Waals surface area (Å²) < 4.78 is 38.4. The van der Waals surface area contributed by atoms with Crippen LogP contribution in [0.15, 0.2) is 54.6 Å². The second-order valence-corrected chi connectivity index (χ2v) is 6.71. The lowest BCUT2D eigenvalue weighted by Gasteiger charge is -2.17. The normalized spacial score (nSPS) is 11.1. The lowest BCUT2D eigenvalue weighted by atomic mass is 10.0. The molecule has 0 atom stereocenters. The molecule has 3 aromatic rings. The van der Waals surface area contributed by atoms with E-state index >= 15 is 0 Å². The van der Waals surface area contributed by atoms with Gasteiger partial charge in [-0.3, -0.25) is 0 Å². The Hall–Kier alpha value is -2.22. The van der Waals surface area contributed by atoms with Gasteiger partial charge in [-0.05, 0) is 37.1 Å². The van der Waals surface area contributed by atoms with E-state index in [1.54, 1.807) is 0 Å². The molecule has 0 N–H and O–H groups in total. The van der Waals surface area contributed by atoms with Crippen LogP contribution in [0, 0.1) is 24.1 Å². The number of hydrogen-bond donors (Lipinski definition) is 0. The number of aryl methyl sites for hydroxylation is 1. The molecule has 0 fully saturated rings. The molecule has 26 heavy (non-hydrogen) atoms. The molecule has 0 amide bonds. The number of halogens is 1. The van der Waals surface area contributed by atoms with Gasteiger partial charge in [0.2, 0.25) is 5.69 Å². The van der Waals surface area contributed by atoms with Crippen molar-refractivity contribution >= 4 is 0 Å². The van der Waals surface area contributed by atoms with Gasteiger partial charge in [0.1, 0.15) is 5.69 Å². The number of benzene rings is 2. The van der Waals surface area contributed by atoms with E-state index in [0.29, 0.717) is 0 Å². The largest absolute Gasteiger partial charge is 0.238 e. The highest BCUT2D eigenvalue weighted by atomic mass is 35.7. The molecule has 3 rings (SSSR count). The minimum Gasteiger partial charge on any atom is -0.222 e. The van der Waals surface area contributed by atoms with Crippen LogP contribution in [0.25, 0.3) is 22.5 Å². The molecule has 0 bridgehead atoms. The van der Waals surface area contributed by atoms with Crippen LogP contribution >= 0.6 is 0 Å². The lowest BCUT2D eigenvalue weighted by Crippen LogP contribution is -2.68. The van der Waals surface area contributed by atoms with Crippen molar-refractivity contribution in [3.05, 3.63) is 65.7 Å². The van der Waals surface area contributed by atoms with E-state index < -0.39 is 10.2 Å². The fourth-order valence-electron chi connectivity index (χ4n) is 2.80. The molecule has 0 unspecified atom stereocenters. The summed E-state index contributed by atoms with van der Waals surface area (Å²) in [4.78, 5) is 0. The van der Waals surface area contributed by atoms with Crippen molar-refractivity contribution < 1.29 is 33.6 Å². The zero-order valence-corrected chi connectivity index (χ0v) is 15.9. The Morgan fingerprint density at radius 3 is 2.04 bits per heavy atom. The Balaban J connectivity index is 0.000000431. The summed E-state index contributed by atoms with van der Waals surface area (Å²) >= 11 is 0. The molecule has 138 valence electrons. The molecule has 2 aromatic carbocycles. The Labute approximate surface area is 154 Å². The van der Waals surface area contributed by atoms with Crippen LogP contribution < -0.4 is 23.3 Å². The van der Waals surface area contributed by atoms with Gasteiger partial charge in [-0.25, -0.2) is 18.6 Å². The number of nitrogens with zero attached hydrogens (tertiary/aromatic N) is 2. The summed E-state index contributed by atoms with van der Waals surface area (Å²) in [7, 11) is -0.722. The van der Waals surface area contributed by atoms with Crippen molar-refractivity contribution in [3.63, 3.8) is 0 Å². The predicted octanol–water partition coefficient (Wildman–Crippen LogP) is -0.956. The van der Waals surface area contributed by atoms with E-state index in [2.05, 4.69) is 91.9 Å². The number of hydrogen-bond acceptors (Lipinski definition) is 4. The van der Waals surface area contributed by atoms with Crippen LogP contribution in [0.4, 0.5) is 0 Å². The van der Waals surface area contributed by atoms with Gasteiger partial charge in [-0.1, -0.05) is 36.4 Å². The molecule has 6 nitrogen and oxygen atoms in total. The zero-order chi connectivity index (χ0) is 19.5. The minimum absolute atomic E-state index is 1.23. The van der Waals surface area contributed by atoms with Crippen molar-refractivity contribution in [1.29, 1.82) is 0 Å². The molecule has 0 saturated heterocycles. The van der Waals surface area contributed by atoms with Gasteiger partial charge in [0.25, 0.3) is 0 Å². The summed E-state index contributed by atoms with van der Waals surface area (Å²) in [5, 5.41) is 0. The van der Waals surface area contributed by atoms with Gasteiger partial charge in [0.05, 0.1) is 7.05 Å². The van der Waals surface area contributed by atoms with E-state index in [4.69, 9.17) is 18.6 Å². The Bertz CT molecular complexity index is 881. The second kappa shape index (κ2) is 7.99. The zero-order valence-electron chi connectivity index (χ0n) is 15.1. The van der Waals surface area contributed by atoms with Gasteiger partial charge in [0.15, 0.2) is 7.05 Å². The van der Waals surface area contributed by atoms with Crippen molar-refractivity contribution in [2.75, 3.05) is 0 Å². The monoisotopic (exact) mass is 376 g/mol. The number of aromatic nitrogens is 2. The maximum absolute atomic E-state index is 8.49. The third-order valence-corrected chi connectivity index (χ3v) is 4.37. The van der Waals surface area contributed by atoms with Crippen molar-refractivity contribution in [1.82, 2.24) is 4.68 Å². The highest BCUT2D eigenvalue weighted by Crippen LogP contribution is 2.28. The highest BCUT2D eigenvalue weighted by Gasteiger charge is 2.20. The van der Waals surface area contributed by atoms with E-state index in [-0.39, 0.29) is 0 Å². The highest BCUT2D eigenvalue weighted by molar-refractivity contribution is 5.69. The molecule has 1 aromatic heterocycles. The maximum Gasteiger partial charge on any atom is 0.238 e. The molecule has 7 heteroatoms. The fraction of sp³-hybridized carbons (Fsp3) is 0.211. The summed E-state index contributed by atoms with van der Waals surface area (Å²) in [5.74, 6) is 0. The van der Waals surface area contributed by atoms with Crippen LogP contribution in [0.1, 0.15) is 11.1 Å². The molecular weight excluding hydrogens is 356 g/mol. The topological polar surface area (TPSA) is 101 Å². The molecule has 0 aliphatic heterocycles. The average molecular weight is 377 g/mol. The smallest absolute Gasteiger partial charge is 0.222 e. The lowest BCUT2D eigenvalue weighted by molar-refractivity contribution is -2.00. The van der Waals surface area contributed by atoms with Gasteiger partial charge in [-0.2, -0.15) is 4.68 Å². The number of rotatable bonds is 2. The average Bonchev–Trinajstić information content (AvgIpc) is 2.85. The third kappa shape index (κ3) is 4.91. The van der Waals surface area contributed by atoms with Crippen molar-refractivity contribution in [2.24, 2.45) is 14.1 Å². The molecule has 1 heterocycles. The van der Waals surface area contributed by atoms with E-state index in [0.717, 1.165) is 0 Å². The standard InChI is InChI=1S/C19H21N2.ClHO4/c1-14-9-8-12-17(15(14)2)19-13-18(20(3)21(19)4)16-10-6-5-7-11-16;2-1(3,4)5/h5-13H,1-4H3;(H,2,3,4,5)/q+1;/p-1. The van der Waals surface area contributed by atoms with Gasteiger partial charge < -0.3 is 0 Å². The molecule has 0 aliphatic rings. The Morgan fingerprint density at radius 1 is 0.885 bits per heavy atom. The van der Waals surface area contributed by atoms with Crippen LogP contribution in [0.2, 0.25) is 0 Å². The predicted molar refractivity (Wildman–Crippen MR) is 86.9 cm³/mol.